The van der Waals surface area contributed by atoms with E-state index in [2.05, 4.69) is 60.9 Å². The Labute approximate surface area is 133 Å². The third kappa shape index (κ3) is 4.98. The van der Waals surface area contributed by atoms with Gasteiger partial charge in [-0.25, -0.2) is 0 Å². The van der Waals surface area contributed by atoms with Crippen LogP contribution in [0.1, 0.15) is 61.6 Å². The van der Waals surface area contributed by atoms with Crippen LogP contribution in [0.25, 0.3) is 0 Å². The quantitative estimate of drug-likeness (QED) is 0.584. The number of hydrogen-bond acceptors (Lipinski definition) is 2. The van der Waals surface area contributed by atoms with Crippen molar-refractivity contribution in [2.45, 2.75) is 58.5 Å². The van der Waals surface area contributed by atoms with Gasteiger partial charge in [-0.15, -0.1) is 11.3 Å². The third-order valence-corrected chi connectivity index (χ3v) is 4.99. The van der Waals surface area contributed by atoms with E-state index in [1.807, 2.05) is 11.3 Å². The highest BCUT2D eigenvalue weighted by molar-refractivity contribution is 7.10. The molecule has 0 saturated heterocycles. The van der Waals surface area contributed by atoms with Gasteiger partial charge in [0.25, 0.3) is 0 Å². The van der Waals surface area contributed by atoms with Gasteiger partial charge in [0.15, 0.2) is 0 Å². The Bertz CT molecular complexity index is 503. The van der Waals surface area contributed by atoms with Crippen LogP contribution in [0.3, 0.4) is 0 Å². The maximum absolute atomic E-state index is 3.78. The Morgan fingerprint density at radius 1 is 1.05 bits per heavy atom. The fraction of sp³-hybridized carbons (Fsp3) is 0.474. The second-order valence-corrected chi connectivity index (χ2v) is 6.56. The highest BCUT2D eigenvalue weighted by atomic mass is 32.1. The Morgan fingerprint density at radius 3 is 2.57 bits per heavy atom. The van der Waals surface area contributed by atoms with Gasteiger partial charge in [-0.1, -0.05) is 63.4 Å². The van der Waals surface area contributed by atoms with Crippen molar-refractivity contribution in [3.05, 3.63) is 57.8 Å². The number of thiophene rings is 1. The van der Waals surface area contributed by atoms with Gasteiger partial charge >= 0.3 is 0 Å². The molecule has 0 aliphatic rings. The molecule has 0 amide bonds. The van der Waals surface area contributed by atoms with E-state index in [4.69, 9.17) is 0 Å². The summed E-state index contributed by atoms with van der Waals surface area (Å²) in [5.74, 6) is 0. The summed E-state index contributed by atoms with van der Waals surface area (Å²) in [7, 11) is 0. The summed E-state index contributed by atoms with van der Waals surface area (Å²) in [5.41, 5.74) is 2.91. The number of hydrogen-bond donors (Lipinski definition) is 1. The molecular formula is C19H27NS. The van der Waals surface area contributed by atoms with Crippen LogP contribution in [0.4, 0.5) is 0 Å². The van der Waals surface area contributed by atoms with E-state index in [1.54, 1.807) is 0 Å². The second kappa shape index (κ2) is 9.01. The van der Waals surface area contributed by atoms with Crippen molar-refractivity contribution in [1.82, 2.24) is 5.32 Å². The standard InChI is InChI=1S/C19H27NS/c1-3-5-7-12-18(17-10-8-6-9-11-17)20-15-19-16(4-2)13-14-21-19/h6,8-11,13-14,18,20H,3-5,7,12,15H2,1-2H3. The monoisotopic (exact) mass is 301 g/mol. The van der Waals surface area contributed by atoms with Gasteiger partial charge < -0.3 is 5.32 Å². The van der Waals surface area contributed by atoms with Crippen molar-refractivity contribution < 1.29 is 0 Å². The molecule has 1 atom stereocenters. The van der Waals surface area contributed by atoms with Gasteiger partial charge in [-0.2, -0.15) is 0 Å². The van der Waals surface area contributed by atoms with Crippen LogP contribution in [-0.4, -0.2) is 0 Å². The first-order valence-electron chi connectivity index (χ1n) is 8.18. The van der Waals surface area contributed by atoms with Crippen molar-refractivity contribution in [3.8, 4) is 0 Å². The predicted octanol–water partition coefficient (Wildman–Crippen LogP) is 5.72. The molecule has 0 bridgehead atoms. The minimum absolute atomic E-state index is 0.476. The lowest BCUT2D eigenvalue weighted by atomic mass is 10.0. The number of benzene rings is 1. The van der Waals surface area contributed by atoms with Gasteiger partial charge in [0, 0.05) is 17.5 Å². The molecule has 0 aliphatic carbocycles. The van der Waals surface area contributed by atoms with Crippen LogP contribution in [0.5, 0.6) is 0 Å². The highest BCUT2D eigenvalue weighted by Gasteiger charge is 2.11. The number of nitrogens with one attached hydrogen (secondary N) is 1. The largest absolute Gasteiger partial charge is 0.305 e. The van der Waals surface area contributed by atoms with Crippen LogP contribution >= 0.6 is 11.3 Å². The first-order valence-corrected chi connectivity index (χ1v) is 9.06. The third-order valence-electron chi connectivity index (χ3n) is 4.03. The molecule has 2 heteroatoms. The summed E-state index contributed by atoms with van der Waals surface area (Å²) in [6.07, 6.45) is 6.27. The van der Waals surface area contributed by atoms with E-state index < -0.39 is 0 Å². The summed E-state index contributed by atoms with van der Waals surface area (Å²) in [5, 5.41) is 6.00. The summed E-state index contributed by atoms with van der Waals surface area (Å²) >= 11 is 1.88. The Morgan fingerprint density at radius 2 is 1.86 bits per heavy atom. The summed E-state index contributed by atoms with van der Waals surface area (Å²) < 4.78 is 0. The van der Waals surface area contributed by atoms with Gasteiger partial charge in [0.05, 0.1) is 0 Å². The summed E-state index contributed by atoms with van der Waals surface area (Å²) in [4.78, 5) is 1.49. The molecule has 0 spiro atoms. The van der Waals surface area contributed by atoms with Crippen molar-refractivity contribution in [2.24, 2.45) is 0 Å². The molecule has 2 rings (SSSR count). The lowest BCUT2D eigenvalue weighted by Gasteiger charge is -2.19. The molecule has 1 N–H and O–H groups in total. The molecule has 2 aromatic rings. The minimum atomic E-state index is 0.476. The molecule has 1 heterocycles. The van der Waals surface area contributed by atoms with E-state index >= 15 is 0 Å². The number of rotatable bonds is 9. The predicted molar refractivity (Wildman–Crippen MR) is 93.9 cm³/mol. The zero-order valence-corrected chi connectivity index (χ0v) is 14.1. The van der Waals surface area contributed by atoms with Crippen molar-refractivity contribution in [2.75, 3.05) is 0 Å². The van der Waals surface area contributed by atoms with Crippen molar-refractivity contribution in [1.29, 1.82) is 0 Å². The molecule has 1 aromatic heterocycles. The summed E-state index contributed by atoms with van der Waals surface area (Å²) in [6, 6.07) is 13.6. The number of unbranched alkanes of at least 4 members (excludes halogenated alkanes) is 2. The molecule has 114 valence electrons. The lowest BCUT2D eigenvalue weighted by molar-refractivity contribution is 0.475. The van der Waals surface area contributed by atoms with E-state index in [0.717, 1.165) is 13.0 Å². The van der Waals surface area contributed by atoms with Crippen molar-refractivity contribution in [3.63, 3.8) is 0 Å². The first kappa shape index (κ1) is 16.3. The molecule has 0 radical (unpaired) electrons. The van der Waals surface area contributed by atoms with Crippen LogP contribution in [0, 0.1) is 0 Å². The zero-order chi connectivity index (χ0) is 14.9. The SMILES string of the molecule is CCCCCC(NCc1sccc1CC)c1ccccc1. The molecule has 0 aliphatic heterocycles. The second-order valence-electron chi connectivity index (χ2n) is 5.56. The lowest BCUT2D eigenvalue weighted by Crippen LogP contribution is -2.21. The maximum Gasteiger partial charge on any atom is 0.0323 e. The van der Waals surface area contributed by atoms with Crippen LogP contribution < -0.4 is 5.32 Å². The Balaban J connectivity index is 1.98. The molecule has 1 nitrogen and oxygen atoms in total. The molecule has 0 saturated carbocycles. The average Bonchev–Trinajstić information content (AvgIpc) is 2.99. The summed E-state index contributed by atoms with van der Waals surface area (Å²) in [6.45, 7) is 5.50. The van der Waals surface area contributed by atoms with E-state index in [-0.39, 0.29) is 0 Å². The van der Waals surface area contributed by atoms with Crippen LogP contribution in [0.2, 0.25) is 0 Å². The molecular weight excluding hydrogens is 274 g/mol. The molecule has 21 heavy (non-hydrogen) atoms. The average molecular weight is 301 g/mol. The van der Waals surface area contributed by atoms with Crippen LogP contribution in [0.15, 0.2) is 41.8 Å². The fourth-order valence-corrected chi connectivity index (χ4v) is 3.65. The molecule has 1 unspecified atom stereocenters. The molecule has 0 fully saturated rings. The number of aryl methyl sites for hydroxylation is 1. The van der Waals surface area contributed by atoms with Gasteiger partial charge in [0.2, 0.25) is 0 Å². The topological polar surface area (TPSA) is 12.0 Å². The minimum Gasteiger partial charge on any atom is -0.305 e. The smallest absolute Gasteiger partial charge is 0.0323 e. The fourth-order valence-electron chi connectivity index (χ4n) is 2.72. The Kier molecular flexibility index (Phi) is 6.98. The van der Waals surface area contributed by atoms with Gasteiger partial charge in [-0.3, -0.25) is 0 Å². The van der Waals surface area contributed by atoms with E-state index in [0.29, 0.717) is 6.04 Å². The van der Waals surface area contributed by atoms with Gasteiger partial charge in [0.1, 0.15) is 0 Å². The van der Waals surface area contributed by atoms with E-state index in [1.165, 1.54) is 41.7 Å². The Hall–Kier alpha value is -1.12. The van der Waals surface area contributed by atoms with Crippen LogP contribution in [-0.2, 0) is 13.0 Å². The molecule has 1 aromatic carbocycles. The first-order chi connectivity index (χ1) is 10.3. The zero-order valence-electron chi connectivity index (χ0n) is 13.3. The van der Waals surface area contributed by atoms with Crippen molar-refractivity contribution >= 4 is 11.3 Å². The normalized spacial score (nSPS) is 12.5. The van der Waals surface area contributed by atoms with Gasteiger partial charge in [-0.05, 0) is 35.4 Å². The highest BCUT2D eigenvalue weighted by Crippen LogP contribution is 2.23. The van der Waals surface area contributed by atoms with E-state index in [9.17, 15) is 0 Å². The maximum atomic E-state index is 3.78.